The normalized spacial score (nSPS) is 37.5. The molecule has 1 saturated carbocycles. The Labute approximate surface area is 117 Å². The lowest BCUT2D eigenvalue weighted by Crippen LogP contribution is -2.52. The Balaban J connectivity index is 2.20. The summed E-state index contributed by atoms with van der Waals surface area (Å²) in [7, 11) is 0. The molecule has 0 aromatic carbocycles. The molecule has 2 fully saturated rings. The standard InChI is InChI=1S/C16H29NO2/c1-11-9-10-17(14(11)15(18)19)13-8-6-5-7-12(13)16(2,3)4/h11-14H,5-10H2,1-4H3,(H,18,19). The van der Waals surface area contributed by atoms with Gasteiger partial charge in [-0.3, -0.25) is 9.69 Å². The maximum atomic E-state index is 11.6. The monoisotopic (exact) mass is 267 g/mol. The van der Waals surface area contributed by atoms with Gasteiger partial charge in [-0.25, -0.2) is 0 Å². The average molecular weight is 267 g/mol. The summed E-state index contributed by atoms with van der Waals surface area (Å²) >= 11 is 0. The van der Waals surface area contributed by atoms with Crippen LogP contribution >= 0.6 is 0 Å². The zero-order valence-electron chi connectivity index (χ0n) is 12.9. The summed E-state index contributed by atoms with van der Waals surface area (Å²) < 4.78 is 0. The van der Waals surface area contributed by atoms with Crippen molar-refractivity contribution in [3.05, 3.63) is 0 Å². The number of likely N-dealkylation sites (tertiary alicyclic amines) is 1. The molecule has 2 aliphatic rings. The highest BCUT2D eigenvalue weighted by atomic mass is 16.4. The molecular weight excluding hydrogens is 238 g/mol. The second kappa shape index (κ2) is 5.43. The average Bonchev–Trinajstić information content (AvgIpc) is 2.70. The molecule has 0 aromatic heterocycles. The van der Waals surface area contributed by atoms with E-state index in [0.717, 1.165) is 13.0 Å². The van der Waals surface area contributed by atoms with E-state index in [1.165, 1.54) is 25.7 Å². The highest BCUT2D eigenvalue weighted by Gasteiger charge is 2.45. The number of aliphatic carboxylic acids is 1. The van der Waals surface area contributed by atoms with E-state index in [9.17, 15) is 9.90 Å². The van der Waals surface area contributed by atoms with Crippen LogP contribution in [0.2, 0.25) is 0 Å². The molecule has 1 aliphatic carbocycles. The minimum absolute atomic E-state index is 0.257. The van der Waals surface area contributed by atoms with Gasteiger partial charge >= 0.3 is 5.97 Å². The predicted molar refractivity (Wildman–Crippen MR) is 77.1 cm³/mol. The fourth-order valence-electron chi connectivity index (χ4n) is 4.25. The van der Waals surface area contributed by atoms with Crippen molar-refractivity contribution in [1.29, 1.82) is 0 Å². The van der Waals surface area contributed by atoms with Gasteiger partial charge in [0.1, 0.15) is 6.04 Å². The minimum Gasteiger partial charge on any atom is -0.480 e. The first-order valence-corrected chi connectivity index (χ1v) is 7.81. The van der Waals surface area contributed by atoms with E-state index in [0.29, 0.717) is 17.9 Å². The molecule has 0 radical (unpaired) electrons. The fraction of sp³-hybridized carbons (Fsp3) is 0.938. The summed E-state index contributed by atoms with van der Waals surface area (Å²) in [5.41, 5.74) is 0.278. The molecule has 0 bridgehead atoms. The van der Waals surface area contributed by atoms with Gasteiger partial charge in [-0.1, -0.05) is 40.5 Å². The Bertz CT molecular complexity index is 334. The molecule has 0 aromatic rings. The quantitative estimate of drug-likeness (QED) is 0.833. The fourth-order valence-corrected chi connectivity index (χ4v) is 4.25. The lowest BCUT2D eigenvalue weighted by atomic mass is 9.69. The third-order valence-corrected chi connectivity index (χ3v) is 5.26. The topological polar surface area (TPSA) is 40.5 Å². The zero-order chi connectivity index (χ0) is 14.2. The summed E-state index contributed by atoms with van der Waals surface area (Å²) in [6.45, 7) is 9.99. The van der Waals surface area contributed by atoms with Gasteiger partial charge in [-0.05, 0) is 43.1 Å². The molecule has 1 heterocycles. The first-order valence-electron chi connectivity index (χ1n) is 7.81. The van der Waals surface area contributed by atoms with Crippen molar-refractivity contribution < 1.29 is 9.90 Å². The van der Waals surface area contributed by atoms with Gasteiger partial charge in [-0.2, -0.15) is 0 Å². The smallest absolute Gasteiger partial charge is 0.321 e. The largest absolute Gasteiger partial charge is 0.480 e. The van der Waals surface area contributed by atoms with E-state index in [-0.39, 0.29) is 11.5 Å². The molecule has 3 heteroatoms. The highest BCUT2D eigenvalue weighted by Crippen LogP contribution is 2.43. The molecule has 110 valence electrons. The van der Waals surface area contributed by atoms with Crippen molar-refractivity contribution in [3.63, 3.8) is 0 Å². The van der Waals surface area contributed by atoms with Gasteiger partial charge in [0.05, 0.1) is 0 Å². The second-order valence-electron chi connectivity index (χ2n) is 7.61. The Hall–Kier alpha value is -0.570. The van der Waals surface area contributed by atoms with Crippen molar-refractivity contribution in [2.75, 3.05) is 6.54 Å². The van der Waals surface area contributed by atoms with Crippen LogP contribution in [0, 0.1) is 17.3 Å². The molecule has 1 N–H and O–H groups in total. The van der Waals surface area contributed by atoms with Crippen molar-refractivity contribution in [2.45, 2.75) is 71.9 Å². The van der Waals surface area contributed by atoms with Gasteiger partial charge in [0, 0.05) is 6.04 Å². The Morgan fingerprint density at radius 3 is 2.37 bits per heavy atom. The number of hydrogen-bond acceptors (Lipinski definition) is 2. The van der Waals surface area contributed by atoms with Gasteiger partial charge in [0.2, 0.25) is 0 Å². The predicted octanol–water partition coefficient (Wildman–Crippen LogP) is 3.39. The van der Waals surface area contributed by atoms with Crippen LogP contribution in [0.15, 0.2) is 0 Å². The number of carboxylic acid groups (broad SMARTS) is 1. The molecule has 3 nitrogen and oxygen atoms in total. The number of hydrogen-bond donors (Lipinski definition) is 1. The summed E-state index contributed by atoms with van der Waals surface area (Å²) in [4.78, 5) is 13.9. The lowest BCUT2D eigenvalue weighted by molar-refractivity contribution is -0.145. The van der Waals surface area contributed by atoms with Crippen LogP contribution in [0.25, 0.3) is 0 Å². The Morgan fingerprint density at radius 1 is 1.16 bits per heavy atom. The number of carbonyl (C=O) groups is 1. The molecule has 4 atom stereocenters. The van der Waals surface area contributed by atoms with Crippen LogP contribution in [-0.4, -0.2) is 34.6 Å². The van der Waals surface area contributed by atoms with Gasteiger partial charge in [0.15, 0.2) is 0 Å². The lowest BCUT2D eigenvalue weighted by Gasteiger charge is -2.46. The van der Waals surface area contributed by atoms with Crippen LogP contribution in [0.5, 0.6) is 0 Å². The summed E-state index contributed by atoms with van der Waals surface area (Å²) in [6, 6.07) is 0.216. The maximum Gasteiger partial charge on any atom is 0.321 e. The van der Waals surface area contributed by atoms with E-state index in [2.05, 4.69) is 32.6 Å². The zero-order valence-corrected chi connectivity index (χ0v) is 12.9. The number of rotatable bonds is 2. The van der Waals surface area contributed by atoms with E-state index < -0.39 is 5.97 Å². The van der Waals surface area contributed by atoms with E-state index in [1.54, 1.807) is 0 Å². The molecule has 2 rings (SSSR count). The van der Waals surface area contributed by atoms with E-state index >= 15 is 0 Å². The third kappa shape index (κ3) is 2.96. The van der Waals surface area contributed by atoms with Crippen molar-refractivity contribution in [1.82, 2.24) is 4.90 Å². The summed E-state index contributed by atoms with van der Waals surface area (Å²) in [5, 5.41) is 9.53. The molecule has 19 heavy (non-hydrogen) atoms. The summed E-state index contributed by atoms with van der Waals surface area (Å²) in [5.74, 6) is 0.302. The van der Waals surface area contributed by atoms with Crippen LogP contribution in [0.3, 0.4) is 0 Å². The maximum absolute atomic E-state index is 11.6. The van der Waals surface area contributed by atoms with E-state index in [1.807, 2.05) is 0 Å². The number of nitrogens with zero attached hydrogens (tertiary/aromatic N) is 1. The number of carboxylic acids is 1. The van der Waals surface area contributed by atoms with Gasteiger partial charge < -0.3 is 5.11 Å². The summed E-state index contributed by atoms with van der Waals surface area (Å²) in [6.07, 6.45) is 6.03. The first-order chi connectivity index (χ1) is 8.82. The molecule has 1 saturated heterocycles. The first kappa shape index (κ1) is 14.8. The van der Waals surface area contributed by atoms with Crippen LogP contribution in [0.1, 0.15) is 59.8 Å². The molecule has 4 unspecified atom stereocenters. The minimum atomic E-state index is -0.622. The Morgan fingerprint density at radius 2 is 1.79 bits per heavy atom. The molecule has 0 spiro atoms. The van der Waals surface area contributed by atoms with Crippen molar-refractivity contribution in [2.24, 2.45) is 17.3 Å². The van der Waals surface area contributed by atoms with Crippen LogP contribution in [0.4, 0.5) is 0 Å². The second-order valence-corrected chi connectivity index (χ2v) is 7.61. The Kier molecular flexibility index (Phi) is 4.24. The van der Waals surface area contributed by atoms with Gasteiger partial charge in [0.25, 0.3) is 0 Å². The molecule has 0 amide bonds. The molecular formula is C16H29NO2. The van der Waals surface area contributed by atoms with Gasteiger partial charge in [-0.15, -0.1) is 0 Å². The highest BCUT2D eigenvalue weighted by molar-refractivity contribution is 5.74. The van der Waals surface area contributed by atoms with E-state index in [4.69, 9.17) is 0 Å². The molecule has 1 aliphatic heterocycles. The SMILES string of the molecule is CC1CCN(C2CCCCC2C(C)(C)C)C1C(=O)O. The third-order valence-electron chi connectivity index (χ3n) is 5.26. The van der Waals surface area contributed by atoms with Crippen LogP contribution < -0.4 is 0 Å². The van der Waals surface area contributed by atoms with Crippen molar-refractivity contribution in [3.8, 4) is 0 Å². The van der Waals surface area contributed by atoms with Crippen molar-refractivity contribution >= 4 is 5.97 Å². The van der Waals surface area contributed by atoms with Crippen LogP contribution in [-0.2, 0) is 4.79 Å².